The van der Waals surface area contributed by atoms with Gasteiger partial charge in [0.2, 0.25) is 11.6 Å². The molecule has 142 valence electrons. The van der Waals surface area contributed by atoms with Crippen molar-refractivity contribution in [3.8, 4) is 11.5 Å². The maximum absolute atomic E-state index is 12.6. The first-order valence-corrected chi connectivity index (χ1v) is 8.38. The van der Waals surface area contributed by atoms with Gasteiger partial charge in [-0.15, -0.1) is 0 Å². The van der Waals surface area contributed by atoms with E-state index in [1.807, 2.05) is 12.1 Å². The molecule has 8 nitrogen and oxygen atoms in total. The van der Waals surface area contributed by atoms with Crippen LogP contribution in [-0.4, -0.2) is 29.7 Å². The van der Waals surface area contributed by atoms with Gasteiger partial charge in [-0.25, -0.2) is 4.98 Å². The number of methoxy groups -OCH3 is 2. The fourth-order valence-corrected chi connectivity index (χ4v) is 2.88. The fourth-order valence-electron chi connectivity index (χ4n) is 2.88. The molecule has 8 heteroatoms. The number of ether oxygens (including phenoxy) is 2. The molecular weight excluding hydrogens is 350 g/mol. The van der Waals surface area contributed by atoms with Gasteiger partial charge in [-0.2, -0.15) is 0 Å². The second kappa shape index (κ2) is 7.53. The number of amides is 1. The molecule has 2 aromatic heterocycles. The molecule has 0 bridgehead atoms. The Labute approximate surface area is 155 Å². The van der Waals surface area contributed by atoms with Gasteiger partial charge in [0.25, 0.3) is 5.56 Å². The lowest BCUT2D eigenvalue weighted by atomic mass is 10.2. The molecule has 0 saturated carbocycles. The molecule has 3 rings (SSSR count). The molecule has 3 aromatic rings. The number of hydrogen-bond donors (Lipinski definition) is 1. The molecular formula is C19H21N3O5. The van der Waals surface area contributed by atoms with Gasteiger partial charge >= 0.3 is 0 Å². The summed E-state index contributed by atoms with van der Waals surface area (Å²) in [6, 6.07) is 5.42. The van der Waals surface area contributed by atoms with Gasteiger partial charge in [0.1, 0.15) is 24.0 Å². The van der Waals surface area contributed by atoms with E-state index in [-0.39, 0.29) is 30.3 Å². The van der Waals surface area contributed by atoms with Gasteiger partial charge in [-0.1, -0.05) is 12.1 Å². The minimum absolute atomic E-state index is 0.141. The van der Waals surface area contributed by atoms with Gasteiger partial charge in [0.05, 0.1) is 14.2 Å². The number of nitrogens with zero attached hydrogens (tertiary/aromatic N) is 2. The molecule has 0 atom stereocenters. The monoisotopic (exact) mass is 371 g/mol. The van der Waals surface area contributed by atoms with Crippen molar-refractivity contribution in [1.82, 2.24) is 14.9 Å². The van der Waals surface area contributed by atoms with Gasteiger partial charge in [-0.3, -0.25) is 14.2 Å². The van der Waals surface area contributed by atoms with Crippen LogP contribution in [0.15, 0.2) is 33.7 Å². The molecule has 2 heterocycles. The third-order valence-corrected chi connectivity index (χ3v) is 4.43. The first-order chi connectivity index (χ1) is 13.0. The quantitative estimate of drug-likeness (QED) is 0.711. The SMILES string of the molecule is COc1cccc(CNC(=O)Cn2cnc3oc(C)c(C)c3c2=O)c1OC. The van der Waals surface area contributed by atoms with Crippen molar-refractivity contribution in [2.45, 2.75) is 26.9 Å². The van der Waals surface area contributed by atoms with E-state index in [0.29, 0.717) is 22.6 Å². The fraction of sp³-hybridized carbons (Fsp3) is 0.316. The average molecular weight is 371 g/mol. The zero-order chi connectivity index (χ0) is 19.6. The van der Waals surface area contributed by atoms with E-state index >= 15 is 0 Å². The van der Waals surface area contributed by atoms with E-state index < -0.39 is 0 Å². The maximum atomic E-state index is 12.6. The van der Waals surface area contributed by atoms with Gasteiger partial charge in [-0.05, 0) is 19.9 Å². The molecule has 27 heavy (non-hydrogen) atoms. The molecule has 0 saturated heterocycles. The number of nitrogens with one attached hydrogen (secondary N) is 1. The van der Waals surface area contributed by atoms with E-state index in [4.69, 9.17) is 13.9 Å². The predicted octanol–water partition coefficient (Wildman–Crippen LogP) is 1.94. The Bertz CT molecular complexity index is 1050. The highest BCUT2D eigenvalue weighted by Gasteiger charge is 2.16. The molecule has 0 spiro atoms. The van der Waals surface area contributed by atoms with Crippen LogP contribution in [-0.2, 0) is 17.9 Å². The Hall–Kier alpha value is -3.29. The van der Waals surface area contributed by atoms with E-state index in [9.17, 15) is 9.59 Å². The predicted molar refractivity (Wildman–Crippen MR) is 99.1 cm³/mol. The van der Waals surface area contributed by atoms with Crippen molar-refractivity contribution in [1.29, 1.82) is 0 Å². The zero-order valence-corrected chi connectivity index (χ0v) is 15.7. The van der Waals surface area contributed by atoms with Crippen molar-refractivity contribution in [2.24, 2.45) is 0 Å². The molecule has 0 aliphatic carbocycles. The lowest BCUT2D eigenvalue weighted by Crippen LogP contribution is -2.32. The average Bonchev–Trinajstić information content (AvgIpc) is 2.96. The summed E-state index contributed by atoms with van der Waals surface area (Å²) in [5.74, 6) is 1.47. The lowest BCUT2D eigenvalue weighted by molar-refractivity contribution is -0.121. The largest absolute Gasteiger partial charge is 0.493 e. The molecule has 0 aliphatic heterocycles. The van der Waals surface area contributed by atoms with Crippen LogP contribution in [0.2, 0.25) is 0 Å². The Morgan fingerprint density at radius 1 is 1.26 bits per heavy atom. The Morgan fingerprint density at radius 2 is 2.04 bits per heavy atom. The molecule has 1 N–H and O–H groups in total. The lowest BCUT2D eigenvalue weighted by Gasteiger charge is -2.13. The Morgan fingerprint density at radius 3 is 2.74 bits per heavy atom. The van der Waals surface area contributed by atoms with E-state index in [1.54, 1.807) is 34.1 Å². The number of para-hydroxylation sites is 1. The van der Waals surface area contributed by atoms with E-state index in [1.165, 1.54) is 10.9 Å². The molecule has 0 radical (unpaired) electrons. The maximum Gasteiger partial charge on any atom is 0.265 e. The molecule has 1 amide bonds. The first-order valence-electron chi connectivity index (χ1n) is 8.38. The number of benzene rings is 1. The van der Waals surface area contributed by atoms with Crippen molar-refractivity contribution in [3.63, 3.8) is 0 Å². The van der Waals surface area contributed by atoms with Crippen LogP contribution in [0.4, 0.5) is 0 Å². The highest BCUT2D eigenvalue weighted by molar-refractivity contribution is 5.79. The summed E-state index contributed by atoms with van der Waals surface area (Å²) < 4.78 is 17.3. The second-order valence-corrected chi connectivity index (χ2v) is 6.07. The standard InChI is InChI=1S/C19H21N3O5/c1-11-12(2)27-18-16(11)19(24)22(10-21-18)9-15(23)20-8-13-6-5-7-14(25-3)17(13)26-4/h5-7,10H,8-9H2,1-4H3,(H,20,23). The molecule has 0 fully saturated rings. The van der Waals surface area contributed by atoms with Crippen molar-refractivity contribution < 1.29 is 18.7 Å². The molecule has 0 unspecified atom stereocenters. The summed E-state index contributed by atoms with van der Waals surface area (Å²) in [7, 11) is 3.09. The van der Waals surface area contributed by atoms with Crippen molar-refractivity contribution in [3.05, 3.63) is 51.8 Å². The third kappa shape index (κ3) is 3.51. The number of carbonyl (C=O) groups excluding carboxylic acids is 1. The summed E-state index contributed by atoms with van der Waals surface area (Å²) in [6.07, 6.45) is 1.32. The van der Waals surface area contributed by atoms with Crippen molar-refractivity contribution in [2.75, 3.05) is 14.2 Å². The number of aromatic nitrogens is 2. The number of hydrogen-bond acceptors (Lipinski definition) is 6. The van der Waals surface area contributed by atoms with Crippen LogP contribution in [0.25, 0.3) is 11.1 Å². The van der Waals surface area contributed by atoms with Gasteiger partial charge in [0, 0.05) is 17.7 Å². The minimum atomic E-state index is -0.319. The van der Waals surface area contributed by atoms with Crippen LogP contribution in [0.1, 0.15) is 16.9 Å². The summed E-state index contributed by atoms with van der Waals surface area (Å²) in [4.78, 5) is 29.1. The Balaban J connectivity index is 1.76. The number of carbonyl (C=O) groups is 1. The molecule has 0 aliphatic rings. The summed E-state index contributed by atoms with van der Waals surface area (Å²) in [6.45, 7) is 3.67. The zero-order valence-electron chi connectivity index (χ0n) is 15.7. The molecule has 1 aromatic carbocycles. The number of fused-ring (bicyclic) bond motifs is 1. The van der Waals surface area contributed by atoms with Crippen LogP contribution >= 0.6 is 0 Å². The Kier molecular flexibility index (Phi) is 5.16. The van der Waals surface area contributed by atoms with Crippen LogP contribution in [0, 0.1) is 13.8 Å². The first kappa shape index (κ1) is 18.5. The second-order valence-electron chi connectivity index (χ2n) is 6.07. The minimum Gasteiger partial charge on any atom is -0.493 e. The van der Waals surface area contributed by atoms with Crippen LogP contribution in [0.3, 0.4) is 0 Å². The van der Waals surface area contributed by atoms with Crippen LogP contribution in [0.5, 0.6) is 11.5 Å². The van der Waals surface area contributed by atoms with E-state index in [2.05, 4.69) is 10.3 Å². The topological polar surface area (TPSA) is 95.6 Å². The smallest absolute Gasteiger partial charge is 0.265 e. The number of rotatable bonds is 6. The number of furan rings is 1. The van der Waals surface area contributed by atoms with Gasteiger partial charge in [0.15, 0.2) is 11.5 Å². The normalized spacial score (nSPS) is 10.8. The van der Waals surface area contributed by atoms with Crippen LogP contribution < -0.4 is 20.3 Å². The summed E-state index contributed by atoms with van der Waals surface area (Å²) in [5, 5.41) is 3.18. The third-order valence-electron chi connectivity index (χ3n) is 4.43. The summed E-state index contributed by atoms with van der Waals surface area (Å²) >= 11 is 0. The summed E-state index contributed by atoms with van der Waals surface area (Å²) in [5.41, 5.74) is 1.49. The van der Waals surface area contributed by atoms with Crippen molar-refractivity contribution >= 4 is 17.0 Å². The highest BCUT2D eigenvalue weighted by Crippen LogP contribution is 2.30. The highest BCUT2D eigenvalue weighted by atomic mass is 16.5. The number of aryl methyl sites for hydroxylation is 2. The van der Waals surface area contributed by atoms with E-state index in [0.717, 1.165) is 11.1 Å². The van der Waals surface area contributed by atoms with Gasteiger partial charge < -0.3 is 19.2 Å².